The normalized spacial score (nSPS) is 13.5. The molecule has 0 spiro atoms. The van der Waals surface area contributed by atoms with E-state index in [0.29, 0.717) is 11.4 Å². The highest BCUT2D eigenvalue weighted by Gasteiger charge is 2.18. The Morgan fingerprint density at radius 3 is 2.39 bits per heavy atom. The molecule has 0 heterocycles. The fraction of sp³-hybridized carbons (Fsp3) is 0.500. The Morgan fingerprint density at radius 2 is 1.94 bits per heavy atom. The summed E-state index contributed by atoms with van der Waals surface area (Å²) in [5.41, 5.74) is 6.40. The van der Waals surface area contributed by atoms with Crippen molar-refractivity contribution in [3.8, 4) is 0 Å². The van der Waals surface area contributed by atoms with Crippen LogP contribution >= 0.6 is 11.8 Å². The van der Waals surface area contributed by atoms with Crippen LogP contribution in [-0.2, 0) is 16.6 Å². The second kappa shape index (κ2) is 7.13. The van der Waals surface area contributed by atoms with Gasteiger partial charge in [-0.3, -0.25) is 0 Å². The fourth-order valence-electron chi connectivity index (χ4n) is 1.53. The maximum absolute atomic E-state index is 12.1. The van der Waals surface area contributed by atoms with Crippen LogP contribution in [0.5, 0.6) is 0 Å². The van der Waals surface area contributed by atoms with Gasteiger partial charge in [0.05, 0.1) is 4.90 Å². The van der Waals surface area contributed by atoms with E-state index >= 15 is 0 Å². The molecule has 0 fully saturated rings. The monoisotopic (exact) mass is 288 g/mol. The van der Waals surface area contributed by atoms with E-state index in [0.717, 1.165) is 17.7 Å². The molecule has 0 aromatic heterocycles. The number of sulfonamides is 1. The Bertz CT molecular complexity index is 457. The first-order valence-electron chi connectivity index (χ1n) is 5.83. The predicted octanol–water partition coefficient (Wildman–Crippen LogP) is 1.57. The Morgan fingerprint density at radius 1 is 1.33 bits per heavy atom. The van der Waals surface area contributed by atoms with Crippen LogP contribution in [0.25, 0.3) is 0 Å². The van der Waals surface area contributed by atoms with Crippen molar-refractivity contribution in [3.63, 3.8) is 0 Å². The van der Waals surface area contributed by atoms with Gasteiger partial charge < -0.3 is 5.73 Å². The summed E-state index contributed by atoms with van der Waals surface area (Å²) >= 11 is 1.63. The summed E-state index contributed by atoms with van der Waals surface area (Å²) in [7, 11) is -3.42. The first-order chi connectivity index (χ1) is 8.53. The highest BCUT2D eigenvalue weighted by molar-refractivity contribution is 7.98. The lowest BCUT2D eigenvalue weighted by Gasteiger charge is -2.16. The molecule has 0 saturated heterocycles. The lowest BCUT2D eigenvalue weighted by molar-refractivity contribution is 0.558. The van der Waals surface area contributed by atoms with Gasteiger partial charge in [-0.25, -0.2) is 13.1 Å². The van der Waals surface area contributed by atoms with E-state index in [4.69, 9.17) is 5.73 Å². The van der Waals surface area contributed by atoms with Gasteiger partial charge in [0, 0.05) is 18.3 Å². The van der Waals surface area contributed by atoms with Gasteiger partial charge in [0.25, 0.3) is 0 Å². The molecule has 0 aliphatic carbocycles. The maximum Gasteiger partial charge on any atom is 0.240 e. The number of rotatable bonds is 7. The van der Waals surface area contributed by atoms with Crippen LogP contribution in [-0.4, -0.2) is 26.5 Å². The summed E-state index contributed by atoms with van der Waals surface area (Å²) in [5.74, 6) is 0.774. The standard InChI is InChI=1S/C12H20N2O2S2/c1-3-11(9-17-2)14-18(15,16)12-6-4-10(8-13)5-7-12/h4-7,11,14H,3,8-9,13H2,1-2H3. The quantitative estimate of drug-likeness (QED) is 0.799. The Labute approximate surface area is 113 Å². The number of thioether (sulfide) groups is 1. The summed E-state index contributed by atoms with van der Waals surface area (Å²) in [6.07, 6.45) is 2.74. The van der Waals surface area contributed by atoms with Crippen molar-refractivity contribution >= 4 is 21.8 Å². The largest absolute Gasteiger partial charge is 0.326 e. The van der Waals surface area contributed by atoms with Crippen molar-refractivity contribution in [2.45, 2.75) is 30.8 Å². The molecule has 4 nitrogen and oxygen atoms in total. The van der Waals surface area contributed by atoms with E-state index in [1.807, 2.05) is 13.2 Å². The minimum Gasteiger partial charge on any atom is -0.326 e. The molecule has 0 saturated carbocycles. The van der Waals surface area contributed by atoms with Gasteiger partial charge in [0.1, 0.15) is 0 Å². The lowest BCUT2D eigenvalue weighted by Crippen LogP contribution is -2.36. The Kier molecular flexibility index (Phi) is 6.14. The van der Waals surface area contributed by atoms with E-state index in [2.05, 4.69) is 4.72 Å². The number of benzene rings is 1. The van der Waals surface area contributed by atoms with Crippen molar-refractivity contribution in [2.24, 2.45) is 5.73 Å². The van der Waals surface area contributed by atoms with Gasteiger partial charge in [-0.1, -0.05) is 19.1 Å². The van der Waals surface area contributed by atoms with Gasteiger partial charge in [0.2, 0.25) is 10.0 Å². The van der Waals surface area contributed by atoms with Crippen LogP contribution in [0.3, 0.4) is 0 Å². The van der Waals surface area contributed by atoms with E-state index < -0.39 is 10.0 Å². The van der Waals surface area contributed by atoms with Gasteiger partial charge in [-0.15, -0.1) is 0 Å². The first kappa shape index (κ1) is 15.5. The molecule has 6 heteroatoms. The molecule has 102 valence electrons. The molecule has 1 aromatic carbocycles. The molecule has 0 aliphatic rings. The van der Waals surface area contributed by atoms with Crippen LogP contribution < -0.4 is 10.5 Å². The van der Waals surface area contributed by atoms with Crippen molar-refractivity contribution in [1.29, 1.82) is 0 Å². The third-order valence-electron chi connectivity index (χ3n) is 2.65. The molecule has 1 atom stereocenters. The Hall–Kier alpha value is -0.560. The van der Waals surface area contributed by atoms with E-state index in [-0.39, 0.29) is 6.04 Å². The molecule has 1 rings (SSSR count). The molecule has 0 amide bonds. The molecule has 0 bridgehead atoms. The minimum absolute atomic E-state index is 0.0285. The average Bonchev–Trinajstić information content (AvgIpc) is 2.38. The second-order valence-electron chi connectivity index (χ2n) is 4.03. The predicted molar refractivity (Wildman–Crippen MR) is 77.1 cm³/mol. The van der Waals surface area contributed by atoms with E-state index in [1.165, 1.54) is 0 Å². The topological polar surface area (TPSA) is 72.2 Å². The van der Waals surface area contributed by atoms with Gasteiger partial charge in [0.15, 0.2) is 0 Å². The van der Waals surface area contributed by atoms with E-state index in [9.17, 15) is 8.42 Å². The third-order valence-corrected chi connectivity index (χ3v) is 4.92. The van der Waals surface area contributed by atoms with Crippen molar-refractivity contribution < 1.29 is 8.42 Å². The average molecular weight is 288 g/mol. The number of hydrogen-bond acceptors (Lipinski definition) is 4. The summed E-state index contributed by atoms with van der Waals surface area (Å²) in [6.45, 7) is 2.39. The molecule has 1 aromatic rings. The lowest BCUT2D eigenvalue weighted by atomic mass is 10.2. The molecular formula is C12H20N2O2S2. The molecule has 0 radical (unpaired) electrons. The summed E-state index contributed by atoms with van der Waals surface area (Å²) in [4.78, 5) is 0.291. The summed E-state index contributed by atoms with van der Waals surface area (Å²) < 4.78 is 27.0. The fourth-order valence-corrected chi connectivity index (χ4v) is 3.67. The number of nitrogens with one attached hydrogen (secondary N) is 1. The zero-order chi connectivity index (χ0) is 13.6. The smallest absolute Gasteiger partial charge is 0.240 e. The first-order valence-corrected chi connectivity index (χ1v) is 8.71. The molecule has 0 aliphatic heterocycles. The highest BCUT2D eigenvalue weighted by atomic mass is 32.2. The number of nitrogens with two attached hydrogens (primary N) is 1. The van der Waals surface area contributed by atoms with Crippen LogP contribution in [0, 0.1) is 0 Å². The van der Waals surface area contributed by atoms with Gasteiger partial charge in [-0.2, -0.15) is 11.8 Å². The molecule has 18 heavy (non-hydrogen) atoms. The van der Waals surface area contributed by atoms with Crippen LogP contribution in [0.15, 0.2) is 29.2 Å². The number of hydrogen-bond donors (Lipinski definition) is 2. The molecule has 3 N–H and O–H groups in total. The zero-order valence-electron chi connectivity index (χ0n) is 10.7. The highest BCUT2D eigenvalue weighted by Crippen LogP contribution is 2.12. The van der Waals surface area contributed by atoms with Crippen molar-refractivity contribution in [3.05, 3.63) is 29.8 Å². The minimum atomic E-state index is -3.42. The van der Waals surface area contributed by atoms with E-state index in [1.54, 1.807) is 36.0 Å². The maximum atomic E-state index is 12.1. The van der Waals surface area contributed by atoms with Gasteiger partial charge >= 0.3 is 0 Å². The summed E-state index contributed by atoms with van der Waals surface area (Å²) in [6, 6.07) is 6.64. The van der Waals surface area contributed by atoms with Crippen LogP contribution in [0.4, 0.5) is 0 Å². The molecular weight excluding hydrogens is 268 g/mol. The third kappa shape index (κ3) is 4.28. The Balaban J connectivity index is 2.84. The van der Waals surface area contributed by atoms with Crippen molar-refractivity contribution in [1.82, 2.24) is 4.72 Å². The molecule has 1 unspecified atom stereocenters. The SMILES string of the molecule is CCC(CSC)NS(=O)(=O)c1ccc(CN)cc1. The summed E-state index contributed by atoms with van der Waals surface area (Å²) in [5, 5.41) is 0. The van der Waals surface area contributed by atoms with Crippen molar-refractivity contribution in [2.75, 3.05) is 12.0 Å². The van der Waals surface area contributed by atoms with Gasteiger partial charge in [-0.05, 0) is 30.4 Å². The zero-order valence-corrected chi connectivity index (χ0v) is 12.4. The van der Waals surface area contributed by atoms with Crippen LogP contribution in [0.2, 0.25) is 0 Å². The second-order valence-corrected chi connectivity index (χ2v) is 6.65. The van der Waals surface area contributed by atoms with Crippen LogP contribution in [0.1, 0.15) is 18.9 Å².